The van der Waals surface area contributed by atoms with E-state index in [0.717, 1.165) is 0 Å². The molecule has 5 nitrogen and oxygen atoms in total. The summed E-state index contributed by atoms with van der Waals surface area (Å²) in [5, 5.41) is 9.81. The summed E-state index contributed by atoms with van der Waals surface area (Å²) >= 11 is 0. The molecule has 30 heavy (non-hydrogen) atoms. The van der Waals surface area contributed by atoms with Gasteiger partial charge in [0, 0.05) is 22.6 Å². The predicted molar refractivity (Wildman–Crippen MR) is 105 cm³/mol. The van der Waals surface area contributed by atoms with Crippen molar-refractivity contribution in [2.24, 2.45) is 5.92 Å². The number of rotatable bonds is 6. The van der Waals surface area contributed by atoms with Crippen molar-refractivity contribution in [1.29, 1.82) is 0 Å². The Morgan fingerprint density at radius 1 is 1.27 bits per heavy atom. The maximum Gasteiger partial charge on any atom is 0.391 e. The van der Waals surface area contributed by atoms with Crippen LogP contribution in [0.3, 0.4) is 0 Å². The number of aromatic nitrogens is 1. The summed E-state index contributed by atoms with van der Waals surface area (Å²) < 4.78 is 43.8. The standard InChI is InChI=1S/C22H22F3NO4/c1-13-10-16(6-7-19(13)30-9-8-22(23,24)25)21(29)26-14(2)11-17-15(12-20(27)28)4-3-5-18(17)26/h3-7,10-11,13,19H,8-9,12H2,1-2H3,(H,27,28). The molecule has 2 unspecified atom stereocenters. The van der Waals surface area contributed by atoms with E-state index in [9.17, 15) is 22.8 Å². The molecule has 1 aliphatic rings. The van der Waals surface area contributed by atoms with Gasteiger partial charge in [-0.2, -0.15) is 13.2 Å². The van der Waals surface area contributed by atoms with Gasteiger partial charge in [-0.05, 0) is 24.6 Å². The van der Waals surface area contributed by atoms with E-state index in [1.165, 1.54) is 4.57 Å². The Morgan fingerprint density at radius 3 is 2.63 bits per heavy atom. The number of carbonyl (C=O) groups excluding carboxylic acids is 1. The number of halogens is 3. The SMILES string of the molecule is Cc1cc2c(CC(=O)O)cccc2n1C(=O)C1=CC(C)C(OCCC(F)(F)F)C=C1. The van der Waals surface area contributed by atoms with E-state index in [-0.39, 0.29) is 18.2 Å². The van der Waals surface area contributed by atoms with Gasteiger partial charge in [-0.1, -0.05) is 37.3 Å². The molecule has 1 aliphatic carbocycles. The maximum absolute atomic E-state index is 13.2. The molecule has 8 heteroatoms. The molecule has 1 heterocycles. The number of carbonyl (C=O) groups is 2. The van der Waals surface area contributed by atoms with Crippen molar-refractivity contribution in [3.63, 3.8) is 0 Å². The average molecular weight is 421 g/mol. The minimum Gasteiger partial charge on any atom is -0.481 e. The number of nitrogens with zero attached hydrogens (tertiary/aromatic N) is 1. The highest BCUT2D eigenvalue weighted by atomic mass is 19.4. The molecule has 3 rings (SSSR count). The number of hydrogen-bond acceptors (Lipinski definition) is 3. The van der Waals surface area contributed by atoms with Crippen LogP contribution in [-0.2, 0) is 16.0 Å². The molecular weight excluding hydrogens is 399 g/mol. The van der Waals surface area contributed by atoms with Crippen LogP contribution in [0.5, 0.6) is 0 Å². The monoisotopic (exact) mass is 421 g/mol. The lowest BCUT2D eigenvalue weighted by atomic mass is 9.94. The summed E-state index contributed by atoms with van der Waals surface area (Å²) in [4.78, 5) is 24.3. The normalized spacial score (nSPS) is 19.2. The number of aliphatic carboxylic acids is 1. The van der Waals surface area contributed by atoms with E-state index in [4.69, 9.17) is 9.84 Å². The molecule has 0 radical (unpaired) electrons. The molecule has 2 aromatic rings. The molecule has 0 saturated carbocycles. The second-order valence-corrected chi connectivity index (χ2v) is 7.39. The predicted octanol–water partition coefficient (Wildman–Crippen LogP) is 4.69. The second kappa shape index (κ2) is 8.47. The van der Waals surface area contributed by atoms with Gasteiger partial charge in [0.15, 0.2) is 0 Å². The highest BCUT2D eigenvalue weighted by molar-refractivity contribution is 6.05. The Bertz CT molecular complexity index is 1030. The zero-order valence-corrected chi connectivity index (χ0v) is 16.6. The maximum atomic E-state index is 13.2. The smallest absolute Gasteiger partial charge is 0.391 e. The molecular formula is C22H22F3NO4. The van der Waals surface area contributed by atoms with Crippen molar-refractivity contribution in [3.05, 3.63) is 59.3 Å². The number of ether oxygens (including phenoxy) is 1. The lowest BCUT2D eigenvalue weighted by molar-refractivity contribution is -0.148. The van der Waals surface area contributed by atoms with Crippen molar-refractivity contribution in [3.8, 4) is 0 Å². The summed E-state index contributed by atoms with van der Waals surface area (Å²) in [7, 11) is 0. The van der Waals surface area contributed by atoms with Crippen LogP contribution in [0.2, 0.25) is 0 Å². The van der Waals surface area contributed by atoms with E-state index >= 15 is 0 Å². The molecule has 0 saturated heterocycles. The van der Waals surface area contributed by atoms with Gasteiger partial charge < -0.3 is 9.84 Å². The summed E-state index contributed by atoms with van der Waals surface area (Å²) in [6, 6.07) is 6.97. The van der Waals surface area contributed by atoms with Gasteiger partial charge in [-0.25, -0.2) is 0 Å². The molecule has 0 bridgehead atoms. The number of carboxylic acids is 1. The summed E-state index contributed by atoms with van der Waals surface area (Å²) in [6.07, 6.45) is -1.12. The number of hydrogen-bond donors (Lipinski definition) is 1. The first-order valence-corrected chi connectivity index (χ1v) is 9.51. The van der Waals surface area contributed by atoms with E-state index in [0.29, 0.717) is 27.7 Å². The Kier molecular flexibility index (Phi) is 6.17. The molecule has 160 valence electrons. The fraction of sp³-hybridized carbons (Fsp3) is 0.364. The average Bonchev–Trinajstić information content (AvgIpc) is 2.98. The number of aryl methyl sites for hydroxylation is 1. The van der Waals surface area contributed by atoms with Crippen LogP contribution in [0.25, 0.3) is 10.9 Å². The molecule has 0 spiro atoms. The third-order valence-corrected chi connectivity index (χ3v) is 5.03. The highest BCUT2D eigenvalue weighted by Gasteiger charge is 2.28. The Balaban J connectivity index is 1.81. The molecule has 0 fully saturated rings. The van der Waals surface area contributed by atoms with Crippen molar-refractivity contribution in [2.75, 3.05) is 6.61 Å². The van der Waals surface area contributed by atoms with E-state index in [1.807, 2.05) is 0 Å². The zero-order valence-electron chi connectivity index (χ0n) is 16.6. The highest BCUT2D eigenvalue weighted by Crippen LogP contribution is 2.28. The first kappa shape index (κ1) is 21.8. The van der Waals surface area contributed by atoms with Crippen LogP contribution in [0, 0.1) is 12.8 Å². The first-order valence-electron chi connectivity index (χ1n) is 9.51. The third-order valence-electron chi connectivity index (χ3n) is 5.03. The van der Waals surface area contributed by atoms with Crippen LogP contribution >= 0.6 is 0 Å². The van der Waals surface area contributed by atoms with Crippen LogP contribution in [0.1, 0.15) is 29.4 Å². The zero-order chi connectivity index (χ0) is 22.1. The van der Waals surface area contributed by atoms with Crippen LogP contribution < -0.4 is 0 Å². The van der Waals surface area contributed by atoms with Gasteiger partial charge in [0.2, 0.25) is 0 Å². The van der Waals surface area contributed by atoms with Gasteiger partial charge in [-0.3, -0.25) is 14.2 Å². The molecule has 2 atom stereocenters. The van der Waals surface area contributed by atoms with Crippen molar-refractivity contribution in [1.82, 2.24) is 4.57 Å². The number of alkyl halides is 3. The fourth-order valence-electron chi connectivity index (χ4n) is 3.61. The van der Waals surface area contributed by atoms with E-state index < -0.39 is 31.3 Å². The van der Waals surface area contributed by atoms with Gasteiger partial charge in [0.25, 0.3) is 5.91 Å². The fourth-order valence-corrected chi connectivity index (χ4v) is 3.61. The molecule has 1 aromatic carbocycles. The molecule has 0 amide bonds. The van der Waals surface area contributed by atoms with Gasteiger partial charge in [0.05, 0.1) is 31.1 Å². The summed E-state index contributed by atoms with van der Waals surface area (Å²) in [6.45, 7) is 3.11. The second-order valence-electron chi connectivity index (χ2n) is 7.39. The number of carboxylic acid groups (broad SMARTS) is 1. The Morgan fingerprint density at radius 2 is 2.00 bits per heavy atom. The van der Waals surface area contributed by atoms with Crippen molar-refractivity contribution >= 4 is 22.8 Å². The van der Waals surface area contributed by atoms with Crippen LogP contribution in [0.15, 0.2) is 48.1 Å². The minimum absolute atomic E-state index is 0.147. The molecule has 1 aromatic heterocycles. The van der Waals surface area contributed by atoms with Crippen molar-refractivity contribution < 1.29 is 32.6 Å². The molecule has 0 aliphatic heterocycles. The first-order chi connectivity index (χ1) is 14.1. The summed E-state index contributed by atoms with van der Waals surface area (Å²) in [5.74, 6) is -1.51. The largest absolute Gasteiger partial charge is 0.481 e. The topological polar surface area (TPSA) is 68.5 Å². The quantitative estimate of drug-likeness (QED) is 0.735. The van der Waals surface area contributed by atoms with Gasteiger partial charge in [0.1, 0.15) is 0 Å². The van der Waals surface area contributed by atoms with Crippen LogP contribution in [0.4, 0.5) is 13.2 Å². The summed E-state index contributed by atoms with van der Waals surface area (Å²) in [5.41, 5.74) is 2.30. The Hall–Kier alpha value is -2.87. The third kappa shape index (κ3) is 4.81. The minimum atomic E-state index is -4.27. The number of fused-ring (bicyclic) bond motifs is 1. The van der Waals surface area contributed by atoms with Gasteiger partial charge >= 0.3 is 12.1 Å². The Labute approximate surface area is 171 Å². The van der Waals surface area contributed by atoms with E-state index in [1.54, 1.807) is 56.3 Å². The number of benzene rings is 1. The molecule has 1 N–H and O–H groups in total. The van der Waals surface area contributed by atoms with Gasteiger partial charge in [-0.15, -0.1) is 0 Å². The lowest BCUT2D eigenvalue weighted by Gasteiger charge is -2.23. The number of allylic oxidation sites excluding steroid dienone is 2. The van der Waals surface area contributed by atoms with E-state index in [2.05, 4.69) is 0 Å². The lowest BCUT2D eigenvalue weighted by Crippen LogP contribution is -2.25. The van der Waals surface area contributed by atoms with Crippen molar-refractivity contribution in [2.45, 2.75) is 39.0 Å². The van der Waals surface area contributed by atoms with Crippen LogP contribution in [-0.4, -0.2) is 40.4 Å².